The lowest BCUT2D eigenvalue weighted by molar-refractivity contribution is 0.0695. The molecule has 2 N–H and O–H groups in total. The Kier molecular flexibility index (Phi) is 3.84. The Morgan fingerprint density at radius 1 is 1.61 bits per heavy atom. The fraction of sp³-hybridized carbons (Fsp3) is 0.308. The van der Waals surface area contributed by atoms with Crippen LogP contribution >= 0.6 is 11.3 Å². The van der Waals surface area contributed by atoms with Gasteiger partial charge in [-0.05, 0) is 31.4 Å². The van der Waals surface area contributed by atoms with Crippen molar-refractivity contribution in [2.24, 2.45) is 0 Å². The van der Waals surface area contributed by atoms with E-state index in [-0.39, 0.29) is 11.6 Å². The fourth-order valence-corrected chi connectivity index (χ4v) is 2.49. The third-order valence-corrected chi connectivity index (χ3v) is 3.81. The number of carboxylic acids is 1. The van der Waals surface area contributed by atoms with Crippen molar-refractivity contribution in [3.63, 3.8) is 0 Å². The van der Waals surface area contributed by atoms with Gasteiger partial charge in [0.15, 0.2) is 0 Å². The fourth-order valence-electron chi connectivity index (χ4n) is 1.74. The first-order valence-corrected chi connectivity index (χ1v) is 6.55. The lowest BCUT2D eigenvalue weighted by Crippen LogP contribution is -2.16. The number of aromatic carboxylic acids is 1. The zero-order chi connectivity index (χ0) is 13.1. The van der Waals surface area contributed by atoms with E-state index in [9.17, 15) is 4.79 Å². The molecule has 0 aliphatic carbocycles. The van der Waals surface area contributed by atoms with Crippen molar-refractivity contribution in [2.75, 3.05) is 0 Å². The SMILES string of the molecule is Cc1oc(CN[C@H](C)c2cccs2)cc1C(=O)O. The summed E-state index contributed by atoms with van der Waals surface area (Å²) in [5.41, 5.74) is 0.232. The summed E-state index contributed by atoms with van der Waals surface area (Å²) in [6.07, 6.45) is 0. The second-order valence-corrected chi connectivity index (χ2v) is 5.09. The van der Waals surface area contributed by atoms with Crippen molar-refractivity contribution in [1.29, 1.82) is 0 Å². The molecule has 0 amide bonds. The molecule has 2 aromatic rings. The predicted molar refractivity (Wildman–Crippen MR) is 70.0 cm³/mol. The second kappa shape index (κ2) is 5.37. The molecule has 2 aromatic heterocycles. The zero-order valence-corrected chi connectivity index (χ0v) is 11.1. The summed E-state index contributed by atoms with van der Waals surface area (Å²) >= 11 is 1.69. The molecule has 0 unspecified atom stereocenters. The van der Waals surface area contributed by atoms with Crippen molar-refractivity contribution < 1.29 is 14.3 Å². The topological polar surface area (TPSA) is 62.5 Å². The summed E-state index contributed by atoms with van der Waals surface area (Å²) in [4.78, 5) is 12.1. The molecule has 0 saturated heterocycles. The maximum Gasteiger partial charge on any atom is 0.339 e. The minimum atomic E-state index is -0.950. The van der Waals surface area contributed by atoms with E-state index in [0.717, 1.165) is 0 Å². The van der Waals surface area contributed by atoms with Crippen molar-refractivity contribution in [3.05, 3.63) is 45.5 Å². The molecule has 0 fully saturated rings. The third-order valence-electron chi connectivity index (χ3n) is 2.75. The van der Waals surface area contributed by atoms with Crippen LogP contribution in [-0.2, 0) is 6.54 Å². The lowest BCUT2D eigenvalue weighted by Gasteiger charge is -2.10. The maximum absolute atomic E-state index is 10.9. The standard InChI is InChI=1S/C13H15NO3S/c1-8(12-4-3-5-18-12)14-7-10-6-11(13(15)16)9(2)17-10/h3-6,8,14H,7H2,1-2H3,(H,15,16)/t8-/m1/s1. The molecule has 0 saturated carbocycles. The van der Waals surface area contributed by atoms with Crippen molar-refractivity contribution >= 4 is 17.3 Å². The molecule has 0 aliphatic heterocycles. The first-order chi connectivity index (χ1) is 8.58. The molecular formula is C13H15NO3S. The molecule has 0 spiro atoms. The van der Waals surface area contributed by atoms with Crippen LogP contribution in [0.4, 0.5) is 0 Å². The molecule has 1 atom stereocenters. The van der Waals surface area contributed by atoms with Crippen LogP contribution in [0.5, 0.6) is 0 Å². The normalized spacial score (nSPS) is 12.6. The van der Waals surface area contributed by atoms with E-state index >= 15 is 0 Å². The summed E-state index contributed by atoms with van der Waals surface area (Å²) in [5.74, 6) is 0.144. The number of aryl methyl sites for hydroxylation is 1. The van der Waals surface area contributed by atoms with Gasteiger partial charge in [0.2, 0.25) is 0 Å². The largest absolute Gasteiger partial charge is 0.478 e. The van der Waals surface area contributed by atoms with Crippen LogP contribution in [0.3, 0.4) is 0 Å². The monoisotopic (exact) mass is 265 g/mol. The second-order valence-electron chi connectivity index (χ2n) is 4.11. The summed E-state index contributed by atoms with van der Waals surface area (Å²) in [5, 5.41) is 14.3. The van der Waals surface area contributed by atoms with Crippen LogP contribution in [0.2, 0.25) is 0 Å². The summed E-state index contributed by atoms with van der Waals surface area (Å²) in [7, 11) is 0. The number of thiophene rings is 1. The molecule has 0 aliphatic rings. The van der Waals surface area contributed by atoms with Gasteiger partial charge in [-0.15, -0.1) is 11.3 Å². The van der Waals surface area contributed by atoms with Gasteiger partial charge < -0.3 is 14.8 Å². The highest BCUT2D eigenvalue weighted by Gasteiger charge is 2.14. The van der Waals surface area contributed by atoms with E-state index in [0.29, 0.717) is 18.1 Å². The Labute approximate surface area is 109 Å². The Hall–Kier alpha value is -1.59. The van der Waals surface area contributed by atoms with Crippen LogP contribution in [-0.4, -0.2) is 11.1 Å². The minimum absolute atomic E-state index is 0.226. The highest BCUT2D eigenvalue weighted by atomic mass is 32.1. The quantitative estimate of drug-likeness (QED) is 0.871. The summed E-state index contributed by atoms with van der Waals surface area (Å²) in [6.45, 7) is 4.25. The van der Waals surface area contributed by atoms with E-state index < -0.39 is 5.97 Å². The number of nitrogens with one attached hydrogen (secondary N) is 1. The van der Waals surface area contributed by atoms with E-state index in [1.54, 1.807) is 24.3 Å². The summed E-state index contributed by atoms with van der Waals surface area (Å²) in [6, 6.07) is 5.88. The van der Waals surface area contributed by atoms with Gasteiger partial charge in [0.25, 0.3) is 0 Å². The summed E-state index contributed by atoms with van der Waals surface area (Å²) < 4.78 is 5.40. The number of carbonyl (C=O) groups is 1. The third kappa shape index (κ3) is 2.80. The smallest absolute Gasteiger partial charge is 0.339 e. The van der Waals surface area contributed by atoms with E-state index in [2.05, 4.69) is 18.3 Å². The van der Waals surface area contributed by atoms with Gasteiger partial charge >= 0.3 is 5.97 Å². The van der Waals surface area contributed by atoms with Gasteiger partial charge in [0.1, 0.15) is 17.1 Å². The minimum Gasteiger partial charge on any atom is -0.478 e. The van der Waals surface area contributed by atoms with Crippen LogP contribution in [0.25, 0.3) is 0 Å². The molecule has 2 heterocycles. The molecular weight excluding hydrogens is 250 g/mol. The number of furan rings is 1. The zero-order valence-electron chi connectivity index (χ0n) is 10.3. The number of hydrogen-bond acceptors (Lipinski definition) is 4. The Balaban J connectivity index is 1.98. The van der Waals surface area contributed by atoms with Gasteiger partial charge in [0.05, 0.1) is 6.54 Å². The molecule has 96 valence electrons. The van der Waals surface area contributed by atoms with Gasteiger partial charge in [-0.1, -0.05) is 6.07 Å². The predicted octanol–water partition coefficient (Wildman–Crippen LogP) is 3.20. The number of hydrogen-bond donors (Lipinski definition) is 2. The molecule has 0 bridgehead atoms. The van der Waals surface area contributed by atoms with Crippen LogP contribution in [0.15, 0.2) is 28.0 Å². The number of carboxylic acid groups (broad SMARTS) is 1. The van der Waals surface area contributed by atoms with Crippen molar-refractivity contribution in [1.82, 2.24) is 5.32 Å². The highest BCUT2D eigenvalue weighted by Crippen LogP contribution is 2.20. The van der Waals surface area contributed by atoms with Gasteiger partial charge in [-0.2, -0.15) is 0 Å². The Morgan fingerprint density at radius 2 is 2.39 bits per heavy atom. The van der Waals surface area contributed by atoms with Crippen LogP contribution < -0.4 is 5.32 Å². The average Bonchev–Trinajstić information content (AvgIpc) is 2.94. The molecule has 0 radical (unpaired) electrons. The van der Waals surface area contributed by atoms with E-state index in [1.165, 1.54) is 4.88 Å². The van der Waals surface area contributed by atoms with E-state index in [4.69, 9.17) is 9.52 Å². The van der Waals surface area contributed by atoms with Crippen LogP contribution in [0, 0.1) is 6.92 Å². The maximum atomic E-state index is 10.9. The first-order valence-electron chi connectivity index (χ1n) is 5.67. The van der Waals surface area contributed by atoms with Gasteiger partial charge in [-0.3, -0.25) is 0 Å². The Bertz CT molecular complexity index is 530. The van der Waals surface area contributed by atoms with Crippen molar-refractivity contribution in [3.8, 4) is 0 Å². The number of rotatable bonds is 5. The molecule has 4 nitrogen and oxygen atoms in total. The Morgan fingerprint density at radius 3 is 2.94 bits per heavy atom. The molecule has 0 aromatic carbocycles. The molecule has 18 heavy (non-hydrogen) atoms. The molecule has 5 heteroatoms. The van der Waals surface area contributed by atoms with Crippen LogP contribution in [0.1, 0.15) is 39.7 Å². The van der Waals surface area contributed by atoms with Crippen molar-refractivity contribution in [2.45, 2.75) is 26.4 Å². The lowest BCUT2D eigenvalue weighted by atomic mass is 10.2. The molecule has 2 rings (SSSR count). The van der Waals surface area contributed by atoms with Gasteiger partial charge in [-0.25, -0.2) is 4.79 Å². The highest BCUT2D eigenvalue weighted by molar-refractivity contribution is 7.10. The average molecular weight is 265 g/mol. The first kappa shape index (κ1) is 12.9. The van der Waals surface area contributed by atoms with E-state index in [1.807, 2.05) is 11.4 Å². The van der Waals surface area contributed by atoms with Gasteiger partial charge in [0, 0.05) is 10.9 Å².